The molecule has 0 amide bonds. The van der Waals surface area contributed by atoms with Gasteiger partial charge in [-0.15, -0.1) is 0 Å². The lowest BCUT2D eigenvalue weighted by molar-refractivity contribution is 0.0696. The Kier molecular flexibility index (Phi) is 5.12. The second-order valence-corrected chi connectivity index (χ2v) is 1.88. The summed E-state index contributed by atoms with van der Waals surface area (Å²) < 4.78 is 0. The van der Waals surface area contributed by atoms with Crippen LogP contribution in [0.2, 0.25) is 0 Å². The predicted molar refractivity (Wildman–Crippen MR) is 47.4 cm³/mol. The van der Waals surface area contributed by atoms with Gasteiger partial charge in [-0.2, -0.15) is 0 Å². The molecule has 7 heteroatoms. The SMILES string of the molecule is NN.NNc1ccc(C(=O)O)cn1. The van der Waals surface area contributed by atoms with Crippen molar-refractivity contribution < 1.29 is 9.90 Å². The zero-order chi connectivity index (χ0) is 10.3. The number of aromatic nitrogens is 1. The molecule has 1 aromatic rings. The van der Waals surface area contributed by atoms with E-state index < -0.39 is 5.97 Å². The van der Waals surface area contributed by atoms with Crippen LogP contribution in [-0.2, 0) is 0 Å². The molecule has 0 bridgehead atoms. The zero-order valence-corrected chi connectivity index (χ0v) is 6.77. The number of hydrogen-bond donors (Lipinski definition) is 5. The number of nitrogens with two attached hydrogens (primary N) is 3. The highest BCUT2D eigenvalue weighted by Crippen LogP contribution is 2.02. The monoisotopic (exact) mass is 185 g/mol. The Morgan fingerprint density at radius 2 is 2.08 bits per heavy atom. The van der Waals surface area contributed by atoms with Crippen LogP contribution in [0.15, 0.2) is 18.3 Å². The Hall–Kier alpha value is -1.70. The number of carboxylic acid groups (broad SMARTS) is 1. The molecule has 0 spiro atoms. The van der Waals surface area contributed by atoms with E-state index >= 15 is 0 Å². The fourth-order valence-electron chi connectivity index (χ4n) is 0.606. The fraction of sp³-hybridized carbons (Fsp3) is 0. The maximum atomic E-state index is 10.3. The summed E-state index contributed by atoms with van der Waals surface area (Å²) in [6.07, 6.45) is 1.23. The molecule has 0 aromatic carbocycles. The number of carboxylic acids is 1. The normalized spacial score (nSPS) is 8.23. The van der Waals surface area contributed by atoms with E-state index in [-0.39, 0.29) is 5.56 Å². The van der Waals surface area contributed by atoms with Crippen LogP contribution < -0.4 is 23.0 Å². The third kappa shape index (κ3) is 3.47. The van der Waals surface area contributed by atoms with Gasteiger partial charge in [-0.1, -0.05) is 0 Å². The molecule has 7 nitrogen and oxygen atoms in total. The average molecular weight is 185 g/mol. The van der Waals surface area contributed by atoms with Gasteiger partial charge in [0.15, 0.2) is 0 Å². The van der Waals surface area contributed by atoms with Crippen LogP contribution in [-0.4, -0.2) is 16.1 Å². The third-order valence-corrected chi connectivity index (χ3v) is 1.16. The molecule has 0 fully saturated rings. The third-order valence-electron chi connectivity index (χ3n) is 1.16. The number of hydrogen-bond acceptors (Lipinski definition) is 6. The molecule has 0 unspecified atom stereocenters. The molecule has 0 aliphatic rings. The minimum Gasteiger partial charge on any atom is -0.478 e. The summed E-state index contributed by atoms with van der Waals surface area (Å²) in [6.45, 7) is 0. The van der Waals surface area contributed by atoms with Gasteiger partial charge in [-0.3, -0.25) is 11.7 Å². The van der Waals surface area contributed by atoms with Crippen molar-refractivity contribution in [2.24, 2.45) is 17.5 Å². The molecular weight excluding hydrogens is 174 g/mol. The summed E-state index contributed by atoms with van der Waals surface area (Å²) in [5.41, 5.74) is 2.43. The van der Waals surface area contributed by atoms with Crippen molar-refractivity contribution >= 4 is 11.8 Å². The van der Waals surface area contributed by atoms with Crippen LogP contribution in [0.3, 0.4) is 0 Å². The Morgan fingerprint density at radius 1 is 1.46 bits per heavy atom. The lowest BCUT2D eigenvalue weighted by Crippen LogP contribution is -2.08. The first-order valence-corrected chi connectivity index (χ1v) is 3.23. The molecule has 0 aliphatic carbocycles. The quantitative estimate of drug-likeness (QED) is 0.290. The molecule has 0 radical (unpaired) electrons. The minimum absolute atomic E-state index is 0.143. The van der Waals surface area contributed by atoms with E-state index in [1.807, 2.05) is 0 Å². The molecular formula is C6H11N5O2. The fourth-order valence-corrected chi connectivity index (χ4v) is 0.606. The van der Waals surface area contributed by atoms with Crippen molar-refractivity contribution in [1.29, 1.82) is 0 Å². The summed E-state index contributed by atoms with van der Waals surface area (Å²) >= 11 is 0. The van der Waals surface area contributed by atoms with E-state index in [1.165, 1.54) is 18.3 Å². The van der Waals surface area contributed by atoms with Gasteiger partial charge >= 0.3 is 5.97 Å². The van der Waals surface area contributed by atoms with E-state index in [9.17, 15) is 4.79 Å². The van der Waals surface area contributed by atoms with E-state index in [0.29, 0.717) is 5.82 Å². The van der Waals surface area contributed by atoms with Gasteiger partial charge in [0.2, 0.25) is 0 Å². The molecule has 0 saturated carbocycles. The molecule has 0 aliphatic heterocycles. The summed E-state index contributed by atoms with van der Waals surface area (Å²) in [4.78, 5) is 14.0. The Morgan fingerprint density at radius 3 is 2.38 bits per heavy atom. The van der Waals surface area contributed by atoms with Crippen molar-refractivity contribution in [3.63, 3.8) is 0 Å². The number of nitrogen functional groups attached to an aromatic ring is 1. The number of nitrogens with one attached hydrogen (secondary N) is 1. The molecule has 0 atom stereocenters. The summed E-state index contributed by atoms with van der Waals surface area (Å²) in [7, 11) is 0. The summed E-state index contributed by atoms with van der Waals surface area (Å²) in [5, 5.41) is 8.46. The van der Waals surface area contributed by atoms with Gasteiger partial charge in [0.05, 0.1) is 5.56 Å². The van der Waals surface area contributed by atoms with Crippen molar-refractivity contribution in [3.8, 4) is 0 Å². The van der Waals surface area contributed by atoms with Crippen LogP contribution in [0, 0.1) is 0 Å². The van der Waals surface area contributed by atoms with Gasteiger partial charge in [-0.25, -0.2) is 15.6 Å². The average Bonchev–Trinajstić information content (AvgIpc) is 2.21. The highest BCUT2D eigenvalue weighted by Gasteiger charge is 2.00. The van der Waals surface area contributed by atoms with Gasteiger partial charge in [0.1, 0.15) is 5.82 Å². The van der Waals surface area contributed by atoms with Crippen LogP contribution in [0.25, 0.3) is 0 Å². The first-order valence-electron chi connectivity index (χ1n) is 3.23. The molecule has 1 aromatic heterocycles. The Balaban J connectivity index is 0.000000671. The highest BCUT2D eigenvalue weighted by molar-refractivity contribution is 5.87. The minimum atomic E-state index is -0.999. The predicted octanol–water partition coefficient (Wildman–Crippen LogP) is -1.12. The second-order valence-electron chi connectivity index (χ2n) is 1.88. The van der Waals surface area contributed by atoms with E-state index in [4.69, 9.17) is 10.9 Å². The zero-order valence-electron chi connectivity index (χ0n) is 6.77. The van der Waals surface area contributed by atoms with Gasteiger partial charge < -0.3 is 10.5 Å². The number of hydrazine groups is 2. The Bertz CT molecular complexity index is 260. The lowest BCUT2D eigenvalue weighted by atomic mass is 10.3. The maximum absolute atomic E-state index is 10.3. The van der Waals surface area contributed by atoms with Crippen molar-refractivity contribution in [2.75, 3.05) is 5.43 Å². The van der Waals surface area contributed by atoms with E-state index in [2.05, 4.69) is 22.1 Å². The number of carbonyl (C=O) groups is 1. The van der Waals surface area contributed by atoms with Crippen molar-refractivity contribution in [2.45, 2.75) is 0 Å². The number of pyridine rings is 1. The smallest absolute Gasteiger partial charge is 0.337 e. The molecule has 13 heavy (non-hydrogen) atoms. The highest BCUT2D eigenvalue weighted by atomic mass is 16.4. The van der Waals surface area contributed by atoms with Crippen molar-refractivity contribution in [1.82, 2.24) is 4.98 Å². The maximum Gasteiger partial charge on any atom is 0.337 e. The van der Waals surface area contributed by atoms with E-state index in [0.717, 1.165) is 0 Å². The number of nitrogens with zero attached hydrogens (tertiary/aromatic N) is 1. The van der Waals surface area contributed by atoms with Crippen LogP contribution in [0.4, 0.5) is 5.82 Å². The summed E-state index contributed by atoms with van der Waals surface area (Å²) in [6, 6.07) is 2.91. The van der Waals surface area contributed by atoms with Crippen LogP contribution >= 0.6 is 0 Å². The van der Waals surface area contributed by atoms with Crippen molar-refractivity contribution in [3.05, 3.63) is 23.9 Å². The number of aromatic carboxylic acids is 1. The van der Waals surface area contributed by atoms with Crippen LogP contribution in [0.5, 0.6) is 0 Å². The van der Waals surface area contributed by atoms with Crippen LogP contribution in [0.1, 0.15) is 10.4 Å². The second kappa shape index (κ2) is 5.89. The largest absolute Gasteiger partial charge is 0.478 e. The lowest BCUT2D eigenvalue weighted by Gasteiger charge is -1.97. The summed E-state index contributed by atoms with van der Waals surface area (Å²) in [5.74, 6) is 12.5. The molecule has 72 valence electrons. The van der Waals surface area contributed by atoms with Gasteiger partial charge in [-0.05, 0) is 12.1 Å². The standard InChI is InChI=1S/C6H7N3O2.H4N2/c7-9-5-2-1-4(3-8-5)6(10)11;1-2/h1-3H,7H2,(H,8,9)(H,10,11);1-2H2. The molecule has 0 saturated heterocycles. The van der Waals surface area contributed by atoms with Gasteiger partial charge in [0.25, 0.3) is 0 Å². The number of rotatable bonds is 2. The topological polar surface area (TPSA) is 140 Å². The van der Waals surface area contributed by atoms with Gasteiger partial charge in [0, 0.05) is 6.20 Å². The Labute approximate surface area is 74.5 Å². The molecule has 8 N–H and O–H groups in total. The number of anilines is 1. The van der Waals surface area contributed by atoms with E-state index in [1.54, 1.807) is 0 Å². The molecule has 1 heterocycles. The molecule has 1 rings (SSSR count). The first-order chi connectivity index (χ1) is 6.24. The first kappa shape index (κ1) is 11.3.